The zero-order valence-corrected chi connectivity index (χ0v) is 18.0. The van der Waals surface area contributed by atoms with Crippen LogP contribution in [-0.4, -0.2) is 34.4 Å². The molecule has 2 atom stereocenters. The number of phenols is 1. The predicted molar refractivity (Wildman–Crippen MR) is 121 cm³/mol. The van der Waals surface area contributed by atoms with Crippen molar-refractivity contribution in [2.75, 3.05) is 13.1 Å². The van der Waals surface area contributed by atoms with Gasteiger partial charge in [-0.1, -0.05) is 54.1 Å². The Balaban J connectivity index is 1.56. The molecule has 3 aromatic carbocycles. The summed E-state index contributed by atoms with van der Waals surface area (Å²) in [4.78, 5) is 12.7. The largest absolute Gasteiger partial charge is 0.506 e. The van der Waals surface area contributed by atoms with Gasteiger partial charge in [-0.2, -0.15) is 5.06 Å². The Morgan fingerprint density at radius 1 is 1.13 bits per heavy atom. The molecule has 1 heterocycles. The number of aromatic hydroxyl groups is 1. The first kappa shape index (κ1) is 21.4. The first-order valence-electron chi connectivity index (χ1n) is 10.3. The Labute approximate surface area is 186 Å². The van der Waals surface area contributed by atoms with Gasteiger partial charge in [0.05, 0.1) is 11.1 Å². The fraction of sp³-hybridized carbons (Fsp3) is 0.240. The molecule has 3 N–H and O–H groups in total. The number of amides is 1. The lowest BCUT2D eigenvalue weighted by Crippen LogP contribution is -2.27. The Bertz CT molecular complexity index is 1070. The van der Waals surface area contributed by atoms with Gasteiger partial charge in [0.25, 0.3) is 5.91 Å². The summed E-state index contributed by atoms with van der Waals surface area (Å²) in [5.74, 6) is -0.258. The van der Waals surface area contributed by atoms with Crippen LogP contribution in [0.25, 0.3) is 0 Å². The lowest BCUT2D eigenvalue weighted by Gasteiger charge is -2.21. The number of rotatable bonds is 4. The maximum absolute atomic E-state index is 12.7. The number of halogens is 1. The monoisotopic (exact) mass is 436 g/mol. The summed E-state index contributed by atoms with van der Waals surface area (Å²) < 4.78 is 0. The van der Waals surface area contributed by atoms with Gasteiger partial charge in [-0.05, 0) is 59.9 Å². The summed E-state index contributed by atoms with van der Waals surface area (Å²) in [5.41, 5.74) is 4.51. The van der Waals surface area contributed by atoms with E-state index in [0.717, 1.165) is 22.3 Å². The minimum absolute atomic E-state index is 0.0303. The molecule has 1 aliphatic rings. The molecule has 6 heteroatoms. The molecule has 3 aromatic rings. The van der Waals surface area contributed by atoms with Gasteiger partial charge in [0.1, 0.15) is 5.75 Å². The third-order valence-electron chi connectivity index (χ3n) is 5.84. The smallest absolute Gasteiger partial charge is 0.251 e. The van der Waals surface area contributed by atoms with Crippen molar-refractivity contribution in [3.63, 3.8) is 0 Å². The molecule has 31 heavy (non-hydrogen) atoms. The van der Waals surface area contributed by atoms with Crippen LogP contribution in [0.3, 0.4) is 0 Å². The van der Waals surface area contributed by atoms with Crippen molar-refractivity contribution in [3.05, 3.63) is 99.6 Å². The lowest BCUT2D eigenvalue weighted by molar-refractivity contribution is -0.0896. The Morgan fingerprint density at radius 2 is 1.84 bits per heavy atom. The van der Waals surface area contributed by atoms with E-state index in [0.29, 0.717) is 30.1 Å². The minimum Gasteiger partial charge on any atom is -0.506 e. The minimum atomic E-state index is -0.147. The topological polar surface area (TPSA) is 72.8 Å². The van der Waals surface area contributed by atoms with Crippen molar-refractivity contribution in [1.29, 1.82) is 0 Å². The zero-order valence-electron chi connectivity index (χ0n) is 17.3. The fourth-order valence-electron chi connectivity index (χ4n) is 4.07. The SMILES string of the molecule is CC(NC(=O)c1ccc(C2CN(O)CCc3cc(Cl)c(O)cc32)cc1)c1ccccc1. The highest BCUT2D eigenvalue weighted by Crippen LogP contribution is 2.36. The van der Waals surface area contributed by atoms with E-state index in [9.17, 15) is 15.1 Å². The molecule has 0 fully saturated rings. The molecule has 0 aromatic heterocycles. The van der Waals surface area contributed by atoms with Crippen LogP contribution in [0.2, 0.25) is 5.02 Å². The van der Waals surface area contributed by atoms with Crippen LogP contribution >= 0.6 is 11.6 Å². The maximum Gasteiger partial charge on any atom is 0.251 e. The second-order valence-electron chi connectivity index (χ2n) is 7.95. The highest BCUT2D eigenvalue weighted by atomic mass is 35.5. The molecule has 0 saturated carbocycles. The molecule has 0 bridgehead atoms. The molecule has 1 amide bonds. The van der Waals surface area contributed by atoms with Gasteiger partial charge in [-0.3, -0.25) is 4.79 Å². The van der Waals surface area contributed by atoms with E-state index in [1.54, 1.807) is 24.3 Å². The summed E-state index contributed by atoms with van der Waals surface area (Å²) in [6, 6.07) is 20.6. The number of phenolic OH excluding ortho intramolecular Hbond substituents is 1. The lowest BCUT2D eigenvalue weighted by atomic mass is 9.87. The third kappa shape index (κ3) is 4.74. The molecule has 5 nitrogen and oxygen atoms in total. The van der Waals surface area contributed by atoms with E-state index in [-0.39, 0.29) is 23.6 Å². The quantitative estimate of drug-likeness (QED) is 0.543. The number of fused-ring (bicyclic) bond motifs is 1. The first-order valence-corrected chi connectivity index (χ1v) is 10.7. The molecule has 160 valence electrons. The molecule has 2 unspecified atom stereocenters. The molecule has 4 rings (SSSR count). The van der Waals surface area contributed by atoms with Gasteiger partial charge in [-0.25, -0.2) is 0 Å². The van der Waals surface area contributed by atoms with Crippen LogP contribution in [0.5, 0.6) is 5.75 Å². The number of carbonyl (C=O) groups is 1. The number of hydrogen-bond donors (Lipinski definition) is 3. The molecule has 1 aliphatic heterocycles. The summed E-state index contributed by atoms with van der Waals surface area (Å²) in [6.07, 6.45) is 0.639. The van der Waals surface area contributed by atoms with E-state index in [2.05, 4.69) is 5.32 Å². The maximum atomic E-state index is 12.7. The number of nitrogens with zero attached hydrogens (tertiary/aromatic N) is 1. The van der Waals surface area contributed by atoms with E-state index >= 15 is 0 Å². The molecular formula is C25H25ClN2O3. The van der Waals surface area contributed by atoms with Gasteiger partial charge in [-0.15, -0.1) is 0 Å². The van der Waals surface area contributed by atoms with Crippen molar-refractivity contribution in [2.24, 2.45) is 0 Å². The van der Waals surface area contributed by atoms with Gasteiger partial charge in [0, 0.05) is 24.6 Å². The van der Waals surface area contributed by atoms with Crippen LogP contribution in [0, 0.1) is 0 Å². The van der Waals surface area contributed by atoms with Crippen molar-refractivity contribution < 1.29 is 15.1 Å². The number of hydroxylamine groups is 2. The van der Waals surface area contributed by atoms with Crippen molar-refractivity contribution >= 4 is 17.5 Å². The normalized spacial score (nSPS) is 17.5. The Morgan fingerprint density at radius 3 is 2.55 bits per heavy atom. The van der Waals surface area contributed by atoms with Crippen molar-refractivity contribution in [2.45, 2.75) is 25.3 Å². The second kappa shape index (κ2) is 9.10. The molecule has 0 saturated heterocycles. The molecular weight excluding hydrogens is 412 g/mol. The highest BCUT2D eigenvalue weighted by molar-refractivity contribution is 6.32. The Hall–Kier alpha value is -2.86. The van der Waals surface area contributed by atoms with Gasteiger partial charge in [0.15, 0.2) is 0 Å². The summed E-state index contributed by atoms with van der Waals surface area (Å²) >= 11 is 6.10. The van der Waals surface area contributed by atoms with Crippen LogP contribution in [-0.2, 0) is 6.42 Å². The van der Waals surface area contributed by atoms with Crippen LogP contribution in [0.15, 0.2) is 66.7 Å². The summed E-state index contributed by atoms with van der Waals surface area (Å²) in [7, 11) is 0. The predicted octanol–water partition coefficient (Wildman–Crippen LogP) is 4.92. The number of hydrogen-bond acceptors (Lipinski definition) is 4. The van der Waals surface area contributed by atoms with Crippen LogP contribution < -0.4 is 5.32 Å². The average Bonchev–Trinajstić information content (AvgIpc) is 2.93. The summed E-state index contributed by atoms with van der Waals surface area (Å²) in [6.45, 7) is 2.84. The van der Waals surface area contributed by atoms with Crippen LogP contribution in [0.1, 0.15) is 51.5 Å². The van der Waals surface area contributed by atoms with E-state index in [4.69, 9.17) is 11.6 Å². The van der Waals surface area contributed by atoms with Crippen molar-refractivity contribution in [3.8, 4) is 5.75 Å². The van der Waals surface area contributed by atoms with Crippen molar-refractivity contribution in [1.82, 2.24) is 10.4 Å². The fourth-order valence-corrected chi connectivity index (χ4v) is 4.25. The highest BCUT2D eigenvalue weighted by Gasteiger charge is 2.25. The third-order valence-corrected chi connectivity index (χ3v) is 6.14. The molecule has 0 radical (unpaired) electrons. The zero-order chi connectivity index (χ0) is 22.0. The Kier molecular flexibility index (Phi) is 6.28. The van der Waals surface area contributed by atoms with Gasteiger partial charge < -0.3 is 15.6 Å². The number of carbonyl (C=O) groups excluding carboxylic acids is 1. The van der Waals surface area contributed by atoms with Gasteiger partial charge >= 0.3 is 0 Å². The summed E-state index contributed by atoms with van der Waals surface area (Å²) in [5, 5.41) is 25.0. The van der Waals surface area contributed by atoms with Crippen LogP contribution in [0.4, 0.5) is 0 Å². The standard InChI is InChI=1S/C25H25ClN2O3/c1-16(17-5-3-2-4-6-17)27-25(30)19-9-7-18(8-10-19)22-15-28(31)12-11-20-13-23(26)24(29)14-21(20)22/h2-10,13-14,16,22,29,31H,11-12,15H2,1H3,(H,27,30). The average molecular weight is 437 g/mol. The molecule has 0 aliphatic carbocycles. The first-order chi connectivity index (χ1) is 14.9. The second-order valence-corrected chi connectivity index (χ2v) is 8.35. The van der Waals surface area contributed by atoms with Gasteiger partial charge in [0.2, 0.25) is 0 Å². The van der Waals surface area contributed by atoms with E-state index in [1.807, 2.05) is 49.4 Å². The number of nitrogens with one attached hydrogen (secondary N) is 1. The van der Waals surface area contributed by atoms with E-state index < -0.39 is 0 Å². The van der Waals surface area contributed by atoms with E-state index in [1.165, 1.54) is 5.06 Å². The molecule has 0 spiro atoms. The number of benzene rings is 3.